The van der Waals surface area contributed by atoms with E-state index in [1.807, 2.05) is 0 Å². The largest absolute Gasteiger partial charge is 0.390 e. The van der Waals surface area contributed by atoms with E-state index in [2.05, 4.69) is 0 Å². The van der Waals surface area contributed by atoms with Crippen molar-refractivity contribution in [1.29, 1.82) is 10.5 Å². The van der Waals surface area contributed by atoms with Crippen LogP contribution in [0.3, 0.4) is 0 Å². The minimum Gasteiger partial charge on any atom is -0.390 e. The van der Waals surface area contributed by atoms with Gasteiger partial charge in [-0.3, -0.25) is 0 Å². The first kappa shape index (κ1) is 32.0. The second kappa shape index (κ2) is 11.0. The molecule has 0 aromatic heterocycles. The predicted molar refractivity (Wildman–Crippen MR) is 159 cm³/mol. The fourth-order valence-electron chi connectivity index (χ4n) is 6.44. The molecule has 0 atom stereocenters. The molecule has 5 aromatic rings. The highest BCUT2D eigenvalue weighted by molar-refractivity contribution is 6.10. The third kappa shape index (κ3) is 4.18. The van der Waals surface area contributed by atoms with Crippen LogP contribution in [0.5, 0.6) is 0 Å². The molecule has 0 amide bonds. The van der Waals surface area contributed by atoms with Gasteiger partial charge in [0, 0.05) is 11.1 Å². The Bertz CT molecular complexity index is 2360. The van der Waals surface area contributed by atoms with Gasteiger partial charge >= 0.3 is 0 Å². The van der Waals surface area contributed by atoms with Crippen molar-refractivity contribution in [1.82, 2.24) is 0 Å². The first-order valence-electron chi connectivity index (χ1n) is 14.0. The fourth-order valence-corrected chi connectivity index (χ4v) is 6.44. The zero-order valence-electron chi connectivity index (χ0n) is 24.4. The number of nitrogens with zero attached hydrogens (tertiary/aromatic N) is 2. The van der Waals surface area contributed by atoms with Crippen LogP contribution in [0.25, 0.3) is 55.7 Å². The van der Waals surface area contributed by atoms with E-state index in [9.17, 15) is 54.4 Å². The van der Waals surface area contributed by atoms with Crippen LogP contribution in [0.2, 0.25) is 0 Å². The lowest BCUT2D eigenvalue weighted by atomic mass is 9.95. The minimum atomic E-state index is -2.35. The van der Waals surface area contributed by atoms with Crippen molar-refractivity contribution in [2.45, 2.75) is 0 Å². The molecule has 4 N–H and O–H groups in total. The maximum Gasteiger partial charge on any atom is 0.200 e. The Labute approximate surface area is 274 Å². The Morgan fingerprint density at radius 1 is 0.380 bits per heavy atom. The SMILES string of the molecule is N#C/C(N)=C1\c2cc(-c3c(F)c(F)c(F)c(F)c3F)ccc2-c2cc3c(cc21)-c1ccc(-c2c(F)c(F)c(F)c(F)c2F)cc1/C3=C(/N)C#N. The second-order valence-corrected chi connectivity index (χ2v) is 11.2. The highest BCUT2D eigenvalue weighted by atomic mass is 19.2. The summed E-state index contributed by atoms with van der Waals surface area (Å²) < 4.78 is 143. The molecule has 0 spiro atoms. The standard InChI is InChI=1S/C36H12F10N4/c37-27-23(28(38)32(42)35(45)31(27)41)11-1-3-13-15-7-20-16(8-19(15)25(17(13)5-11)21(49)9-47)14-4-2-12(6-18(14)26(20)22(50)10-48)24-29(39)33(43)36(46)34(44)30(24)40/h1-8H,49-50H2/b25-21-,26-22-. The summed E-state index contributed by atoms with van der Waals surface area (Å²) in [7, 11) is 0. The Balaban J connectivity index is 1.46. The van der Waals surface area contributed by atoms with Crippen molar-refractivity contribution in [2.24, 2.45) is 11.5 Å². The van der Waals surface area contributed by atoms with Crippen molar-refractivity contribution in [2.75, 3.05) is 0 Å². The number of halogens is 10. The number of allylic oxidation sites excluding steroid dienone is 2. The van der Waals surface area contributed by atoms with Crippen molar-refractivity contribution >= 4 is 11.1 Å². The monoisotopic (exact) mass is 690 g/mol. The molecular formula is C36H12F10N4. The van der Waals surface area contributed by atoms with Gasteiger partial charge in [-0.2, -0.15) is 10.5 Å². The van der Waals surface area contributed by atoms with Crippen molar-refractivity contribution < 1.29 is 43.9 Å². The lowest BCUT2D eigenvalue weighted by molar-refractivity contribution is 0.381. The molecule has 0 radical (unpaired) electrons. The molecule has 0 heterocycles. The van der Waals surface area contributed by atoms with E-state index in [0.29, 0.717) is 11.1 Å². The maximum absolute atomic E-state index is 14.8. The Hall–Kier alpha value is -6.54. The number of benzene rings is 5. The molecule has 4 nitrogen and oxygen atoms in total. The first-order chi connectivity index (χ1) is 23.7. The van der Waals surface area contributed by atoms with Crippen LogP contribution >= 0.6 is 0 Å². The average Bonchev–Trinajstić information content (AvgIpc) is 3.61. The summed E-state index contributed by atoms with van der Waals surface area (Å²) in [6, 6.07) is 13.5. The Kier molecular flexibility index (Phi) is 7.05. The molecule has 5 aromatic carbocycles. The molecule has 50 heavy (non-hydrogen) atoms. The van der Waals surface area contributed by atoms with Gasteiger partial charge in [0.1, 0.15) is 23.5 Å². The topological polar surface area (TPSA) is 99.6 Å². The molecule has 0 fully saturated rings. The number of hydrogen-bond acceptors (Lipinski definition) is 4. The molecule has 0 aliphatic heterocycles. The second-order valence-electron chi connectivity index (χ2n) is 11.2. The number of nitriles is 2. The van der Waals surface area contributed by atoms with Gasteiger partial charge in [0.15, 0.2) is 46.5 Å². The molecule has 14 heteroatoms. The minimum absolute atomic E-state index is 0.0243. The van der Waals surface area contributed by atoms with Gasteiger partial charge in [-0.25, -0.2) is 43.9 Å². The van der Waals surface area contributed by atoms with E-state index in [4.69, 9.17) is 11.5 Å². The lowest BCUT2D eigenvalue weighted by Crippen LogP contribution is -2.04. The molecule has 2 aliphatic carbocycles. The summed E-state index contributed by atoms with van der Waals surface area (Å²) in [5.74, 6) is -21.7. The fraction of sp³-hybridized carbons (Fsp3) is 0. The van der Waals surface area contributed by atoms with Gasteiger partial charge < -0.3 is 11.5 Å². The van der Waals surface area contributed by atoms with Crippen LogP contribution in [0.4, 0.5) is 43.9 Å². The van der Waals surface area contributed by atoms with Crippen LogP contribution in [0.1, 0.15) is 22.3 Å². The van der Waals surface area contributed by atoms with Crippen molar-refractivity contribution in [3.8, 4) is 56.6 Å². The summed E-state index contributed by atoms with van der Waals surface area (Å²) in [5.41, 5.74) is 10.0. The smallest absolute Gasteiger partial charge is 0.200 e. The molecule has 0 saturated carbocycles. The molecule has 0 saturated heterocycles. The quantitative estimate of drug-likeness (QED) is 0.0820. The zero-order chi connectivity index (χ0) is 36.1. The van der Waals surface area contributed by atoms with Gasteiger partial charge in [-0.1, -0.05) is 24.3 Å². The van der Waals surface area contributed by atoms with E-state index in [1.54, 1.807) is 12.1 Å². The Morgan fingerprint density at radius 2 is 0.660 bits per heavy atom. The summed E-state index contributed by atoms with van der Waals surface area (Å²) in [4.78, 5) is 0. The highest BCUT2D eigenvalue weighted by Gasteiger charge is 2.35. The number of hydrogen-bond donors (Lipinski definition) is 2. The molecule has 2 aliphatic rings. The Morgan fingerprint density at radius 3 is 0.960 bits per heavy atom. The van der Waals surface area contributed by atoms with Crippen LogP contribution in [0, 0.1) is 80.8 Å². The van der Waals surface area contributed by atoms with Crippen molar-refractivity contribution in [3.63, 3.8) is 0 Å². The predicted octanol–water partition coefficient (Wildman–Crippen LogP) is 8.86. The average molecular weight is 690 g/mol. The van der Waals surface area contributed by atoms with E-state index in [0.717, 1.165) is 24.3 Å². The molecular weight excluding hydrogens is 678 g/mol. The summed E-state index contributed by atoms with van der Waals surface area (Å²) in [6.45, 7) is 0. The number of fused-ring (bicyclic) bond motifs is 6. The van der Waals surface area contributed by atoms with Gasteiger partial charge in [0.2, 0.25) is 11.6 Å². The van der Waals surface area contributed by atoms with Crippen molar-refractivity contribution in [3.05, 3.63) is 140 Å². The highest BCUT2D eigenvalue weighted by Crippen LogP contribution is 2.54. The summed E-state index contributed by atoms with van der Waals surface area (Å²) in [6.07, 6.45) is 0. The first-order valence-corrected chi connectivity index (χ1v) is 14.0. The van der Waals surface area contributed by atoms with Gasteiger partial charge in [-0.05, 0) is 79.9 Å². The van der Waals surface area contributed by atoms with E-state index in [-0.39, 0.29) is 44.5 Å². The van der Waals surface area contributed by atoms with E-state index in [1.165, 1.54) is 24.3 Å². The van der Waals surface area contributed by atoms with Crippen LogP contribution in [0.15, 0.2) is 59.9 Å². The number of nitrogens with two attached hydrogens (primary N) is 2. The molecule has 7 rings (SSSR count). The third-order valence-electron chi connectivity index (χ3n) is 8.63. The molecule has 0 unspecified atom stereocenters. The van der Waals surface area contributed by atoms with Gasteiger partial charge in [0.05, 0.1) is 11.1 Å². The van der Waals surface area contributed by atoms with Gasteiger partial charge in [-0.15, -0.1) is 0 Å². The maximum atomic E-state index is 14.8. The summed E-state index contributed by atoms with van der Waals surface area (Å²) >= 11 is 0. The molecule has 246 valence electrons. The summed E-state index contributed by atoms with van der Waals surface area (Å²) in [5, 5.41) is 19.5. The number of rotatable bonds is 2. The lowest BCUT2D eigenvalue weighted by Gasteiger charge is -2.11. The van der Waals surface area contributed by atoms with E-state index >= 15 is 0 Å². The third-order valence-corrected chi connectivity index (χ3v) is 8.63. The van der Waals surface area contributed by atoms with E-state index < -0.39 is 91.8 Å². The van der Waals surface area contributed by atoms with Crippen LogP contribution < -0.4 is 11.5 Å². The van der Waals surface area contributed by atoms with Crippen LogP contribution in [-0.2, 0) is 0 Å². The normalized spacial score (nSPS) is 14.4. The zero-order valence-corrected chi connectivity index (χ0v) is 24.4. The van der Waals surface area contributed by atoms with Crippen LogP contribution in [-0.4, -0.2) is 0 Å². The van der Waals surface area contributed by atoms with Gasteiger partial charge in [0.25, 0.3) is 0 Å². The molecule has 0 bridgehead atoms.